The van der Waals surface area contributed by atoms with Gasteiger partial charge in [-0.3, -0.25) is 0 Å². The maximum absolute atomic E-state index is 15.1. The molecule has 0 unspecified atom stereocenters. The summed E-state index contributed by atoms with van der Waals surface area (Å²) in [6, 6.07) is 14.8. The number of nitrogens with zero attached hydrogens (tertiary/aromatic N) is 2. The average Bonchev–Trinajstić information content (AvgIpc) is 3.45. The van der Waals surface area contributed by atoms with E-state index in [1.54, 1.807) is 30.6 Å². The number of imidazole rings is 1. The third-order valence-electron chi connectivity index (χ3n) is 5.75. The molecule has 4 rings (SSSR count). The van der Waals surface area contributed by atoms with Crippen LogP contribution >= 0.6 is 11.3 Å². The second-order valence-corrected chi connectivity index (χ2v) is 12.2. The van der Waals surface area contributed by atoms with Gasteiger partial charge in [-0.1, -0.05) is 56.3 Å². The van der Waals surface area contributed by atoms with Gasteiger partial charge in [-0.15, -0.1) is 11.3 Å². The molecule has 0 radical (unpaired) electrons. The number of halogens is 1. The molecule has 2 heterocycles. The van der Waals surface area contributed by atoms with Gasteiger partial charge in [0.1, 0.15) is 15.9 Å². The Balaban J connectivity index is 1.60. The number of nitrogens with one attached hydrogen (secondary N) is 2. The Hall–Kier alpha value is -3.50. The maximum Gasteiger partial charge on any atom is 0.328 e. The number of amides is 2. The number of benzene rings is 2. The van der Waals surface area contributed by atoms with E-state index in [2.05, 4.69) is 15.0 Å². The molecule has 0 atom stereocenters. The number of carbonyl (C=O) groups excluding carboxylic acids is 1. The lowest BCUT2D eigenvalue weighted by atomic mass is 10.0. The summed E-state index contributed by atoms with van der Waals surface area (Å²) < 4.78 is 45.6. The zero-order chi connectivity index (χ0) is 26.6. The molecule has 10 heteroatoms. The van der Waals surface area contributed by atoms with Gasteiger partial charge >= 0.3 is 6.03 Å². The van der Waals surface area contributed by atoms with Gasteiger partial charge < -0.3 is 9.88 Å². The number of aromatic nitrogens is 2. The molecule has 2 N–H and O–H groups in total. The summed E-state index contributed by atoms with van der Waals surface area (Å²) >= 11 is 1.10. The zero-order valence-electron chi connectivity index (χ0n) is 20.9. The molecular weight excluding hydrogens is 511 g/mol. The highest BCUT2D eigenvalue weighted by atomic mass is 32.2. The standard InChI is InChI=1S/C27H29FN4O3S2/c1-18(2)13-23-15-24(21-9-10-22(25(28)14-21)17-32-12-11-29-19(32)3)26(36-23)37(34,35)31-27(33)30-16-20-7-5-4-6-8-20/h4-12,14-15,18H,13,16-17H2,1-3H3,(H2,30,31,33). The number of hydrogen-bond donors (Lipinski definition) is 2. The molecule has 0 spiro atoms. The number of carbonyl (C=O) groups is 1. The van der Waals surface area contributed by atoms with Gasteiger partial charge in [0, 0.05) is 34.9 Å². The third kappa shape index (κ3) is 6.64. The normalized spacial score (nSPS) is 11.6. The molecule has 2 amide bonds. The summed E-state index contributed by atoms with van der Waals surface area (Å²) in [7, 11) is -4.21. The zero-order valence-corrected chi connectivity index (χ0v) is 22.5. The van der Waals surface area contributed by atoms with Crippen molar-refractivity contribution in [2.75, 3.05) is 0 Å². The minimum absolute atomic E-state index is 0.0179. The van der Waals surface area contributed by atoms with E-state index in [4.69, 9.17) is 0 Å². The largest absolute Gasteiger partial charge is 0.333 e. The van der Waals surface area contributed by atoms with E-state index in [-0.39, 0.29) is 10.8 Å². The van der Waals surface area contributed by atoms with Crippen LogP contribution in [0.3, 0.4) is 0 Å². The molecule has 0 aliphatic heterocycles. The van der Waals surface area contributed by atoms with Gasteiger partial charge in [0.2, 0.25) is 0 Å². The summed E-state index contributed by atoms with van der Waals surface area (Å²) in [5.41, 5.74) is 2.10. The predicted molar refractivity (Wildman–Crippen MR) is 143 cm³/mol. The highest BCUT2D eigenvalue weighted by Gasteiger charge is 2.26. The third-order valence-corrected chi connectivity index (χ3v) is 8.78. The number of rotatable bonds is 9. The topological polar surface area (TPSA) is 93.1 Å². The average molecular weight is 541 g/mol. The fraction of sp³-hybridized carbons (Fsp3) is 0.259. The lowest BCUT2D eigenvalue weighted by Crippen LogP contribution is -2.38. The fourth-order valence-electron chi connectivity index (χ4n) is 3.91. The van der Waals surface area contributed by atoms with E-state index >= 15 is 4.39 Å². The van der Waals surface area contributed by atoms with Crippen molar-refractivity contribution in [1.82, 2.24) is 19.6 Å². The first-order valence-electron chi connectivity index (χ1n) is 11.9. The van der Waals surface area contributed by atoms with Crippen LogP contribution in [0, 0.1) is 18.7 Å². The van der Waals surface area contributed by atoms with Crippen LogP contribution in [-0.2, 0) is 29.5 Å². The fourth-order valence-corrected chi connectivity index (χ4v) is 6.79. The Bertz CT molecular complexity index is 1500. The number of urea groups is 1. The van der Waals surface area contributed by atoms with Crippen molar-refractivity contribution < 1.29 is 17.6 Å². The molecule has 7 nitrogen and oxygen atoms in total. The Kier molecular flexibility index (Phi) is 8.09. The van der Waals surface area contributed by atoms with Gasteiger partial charge in [-0.25, -0.2) is 27.3 Å². The van der Waals surface area contributed by atoms with Crippen LogP contribution in [0.4, 0.5) is 9.18 Å². The molecular formula is C27H29FN4O3S2. The Morgan fingerprint density at radius 3 is 2.54 bits per heavy atom. The van der Waals surface area contributed by atoms with E-state index in [9.17, 15) is 13.2 Å². The number of sulfonamides is 1. The quantitative estimate of drug-likeness (QED) is 0.293. The summed E-state index contributed by atoms with van der Waals surface area (Å²) in [5.74, 6) is 0.616. The van der Waals surface area contributed by atoms with Crippen molar-refractivity contribution in [2.24, 2.45) is 5.92 Å². The van der Waals surface area contributed by atoms with Crippen molar-refractivity contribution in [1.29, 1.82) is 0 Å². The summed E-state index contributed by atoms with van der Waals surface area (Å²) in [6.45, 7) is 6.41. The number of aryl methyl sites for hydroxylation is 1. The summed E-state index contributed by atoms with van der Waals surface area (Å²) in [4.78, 5) is 17.5. The van der Waals surface area contributed by atoms with Crippen LogP contribution in [0.1, 0.15) is 35.7 Å². The lowest BCUT2D eigenvalue weighted by molar-refractivity contribution is 0.245. The minimum atomic E-state index is -4.21. The SMILES string of the molecule is Cc1nccn1Cc1ccc(-c2cc(CC(C)C)sc2S(=O)(=O)NC(=O)NCc2ccccc2)cc1F. The Morgan fingerprint density at radius 2 is 1.89 bits per heavy atom. The van der Waals surface area contributed by atoms with Gasteiger partial charge in [-0.05, 0) is 42.5 Å². The Labute approximate surface area is 220 Å². The summed E-state index contributed by atoms with van der Waals surface area (Å²) in [6.07, 6.45) is 4.09. The van der Waals surface area contributed by atoms with Gasteiger partial charge in [0.05, 0.1) is 6.54 Å². The molecule has 194 valence electrons. The Morgan fingerprint density at radius 1 is 1.14 bits per heavy atom. The minimum Gasteiger partial charge on any atom is -0.333 e. The molecule has 2 aromatic carbocycles. The van der Waals surface area contributed by atoms with Crippen molar-refractivity contribution in [3.63, 3.8) is 0 Å². The van der Waals surface area contributed by atoms with Crippen molar-refractivity contribution in [3.8, 4) is 11.1 Å². The van der Waals surface area contributed by atoms with E-state index in [0.29, 0.717) is 35.6 Å². The molecule has 0 bridgehead atoms. The molecule has 4 aromatic rings. The van der Waals surface area contributed by atoms with E-state index < -0.39 is 21.9 Å². The maximum atomic E-state index is 15.1. The molecule has 0 fully saturated rings. The monoisotopic (exact) mass is 540 g/mol. The first-order chi connectivity index (χ1) is 17.6. The molecule has 0 saturated heterocycles. The van der Waals surface area contributed by atoms with Gasteiger partial charge in [0.15, 0.2) is 0 Å². The van der Waals surface area contributed by atoms with Crippen LogP contribution in [0.5, 0.6) is 0 Å². The predicted octanol–water partition coefficient (Wildman–Crippen LogP) is 5.49. The van der Waals surface area contributed by atoms with E-state index in [0.717, 1.165) is 27.6 Å². The summed E-state index contributed by atoms with van der Waals surface area (Å²) in [5, 5.41) is 2.57. The molecule has 0 aliphatic rings. The van der Waals surface area contributed by atoms with Crippen LogP contribution in [0.25, 0.3) is 11.1 Å². The molecule has 0 aliphatic carbocycles. The number of hydrogen-bond acceptors (Lipinski definition) is 5. The van der Waals surface area contributed by atoms with Gasteiger partial charge in [-0.2, -0.15) is 0 Å². The van der Waals surface area contributed by atoms with E-state index in [1.807, 2.05) is 55.7 Å². The smallest absolute Gasteiger partial charge is 0.328 e. The van der Waals surface area contributed by atoms with Crippen molar-refractivity contribution in [3.05, 3.63) is 94.6 Å². The van der Waals surface area contributed by atoms with Crippen LogP contribution in [0.2, 0.25) is 0 Å². The molecule has 37 heavy (non-hydrogen) atoms. The van der Waals surface area contributed by atoms with E-state index in [1.165, 1.54) is 6.07 Å². The highest BCUT2D eigenvalue weighted by molar-refractivity contribution is 7.92. The molecule has 2 aromatic heterocycles. The van der Waals surface area contributed by atoms with Gasteiger partial charge in [0.25, 0.3) is 10.0 Å². The molecule has 0 saturated carbocycles. The first kappa shape index (κ1) is 26.6. The van der Waals surface area contributed by atoms with Crippen LogP contribution < -0.4 is 10.0 Å². The van der Waals surface area contributed by atoms with Crippen molar-refractivity contribution in [2.45, 2.75) is 44.5 Å². The highest BCUT2D eigenvalue weighted by Crippen LogP contribution is 2.37. The van der Waals surface area contributed by atoms with Crippen LogP contribution in [0.15, 0.2) is 71.2 Å². The second kappa shape index (κ2) is 11.3. The lowest BCUT2D eigenvalue weighted by Gasteiger charge is -2.11. The van der Waals surface area contributed by atoms with Crippen LogP contribution in [-0.4, -0.2) is 24.0 Å². The number of thiophene rings is 1. The second-order valence-electron chi connectivity index (χ2n) is 9.19. The first-order valence-corrected chi connectivity index (χ1v) is 14.2. The van der Waals surface area contributed by atoms with Crippen molar-refractivity contribution >= 4 is 27.4 Å².